The van der Waals surface area contributed by atoms with Crippen LogP contribution in [0.4, 0.5) is 0 Å². The highest BCUT2D eigenvalue weighted by Gasteiger charge is 2.28. The zero-order chi connectivity index (χ0) is 14.0. The highest BCUT2D eigenvalue weighted by molar-refractivity contribution is 6.42. The fraction of sp³-hybridized carbons (Fsp3) is 0.600. The fourth-order valence-corrected chi connectivity index (χ4v) is 3.10. The van der Waals surface area contributed by atoms with Gasteiger partial charge < -0.3 is 5.73 Å². The summed E-state index contributed by atoms with van der Waals surface area (Å²) in [5, 5.41) is 1.21. The van der Waals surface area contributed by atoms with Gasteiger partial charge in [0.05, 0.1) is 10.0 Å². The second kappa shape index (κ2) is 6.45. The third-order valence-electron chi connectivity index (χ3n) is 4.36. The van der Waals surface area contributed by atoms with E-state index in [4.69, 9.17) is 28.9 Å². The van der Waals surface area contributed by atoms with E-state index in [1.54, 1.807) is 0 Å². The summed E-state index contributed by atoms with van der Waals surface area (Å²) in [6.45, 7) is 7.47. The predicted octanol–water partition coefficient (Wildman–Crippen LogP) is 3.97. The Morgan fingerprint density at radius 3 is 2.58 bits per heavy atom. The molecule has 1 aliphatic heterocycles. The summed E-state index contributed by atoms with van der Waals surface area (Å²) >= 11 is 12.1. The molecule has 3 unspecified atom stereocenters. The molecule has 2 nitrogen and oxygen atoms in total. The van der Waals surface area contributed by atoms with Crippen molar-refractivity contribution in [3.8, 4) is 0 Å². The van der Waals surface area contributed by atoms with Gasteiger partial charge in [0, 0.05) is 19.1 Å². The summed E-state index contributed by atoms with van der Waals surface area (Å²) in [7, 11) is 0. The summed E-state index contributed by atoms with van der Waals surface area (Å²) in [5.74, 6) is 1.51. The second-order valence-electron chi connectivity index (χ2n) is 5.66. The Morgan fingerprint density at radius 2 is 2.00 bits per heavy atom. The first kappa shape index (κ1) is 15.1. The van der Waals surface area contributed by atoms with Gasteiger partial charge >= 0.3 is 0 Å². The molecule has 1 aromatic rings. The van der Waals surface area contributed by atoms with Crippen molar-refractivity contribution in [2.45, 2.75) is 26.3 Å². The van der Waals surface area contributed by atoms with Gasteiger partial charge in [0.1, 0.15) is 0 Å². The van der Waals surface area contributed by atoms with E-state index in [9.17, 15) is 0 Å². The van der Waals surface area contributed by atoms with Gasteiger partial charge in [-0.3, -0.25) is 4.90 Å². The van der Waals surface area contributed by atoms with Crippen molar-refractivity contribution in [2.24, 2.45) is 17.6 Å². The SMILES string of the molecule is CC1CCN(C(CN)c2ccc(Cl)c(Cl)c2)CC1C. The van der Waals surface area contributed by atoms with Crippen LogP contribution in [-0.2, 0) is 0 Å². The third-order valence-corrected chi connectivity index (χ3v) is 5.10. The number of benzene rings is 1. The number of nitrogens with two attached hydrogens (primary N) is 1. The summed E-state index contributed by atoms with van der Waals surface area (Å²) < 4.78 is 0. The van der Waals surface area contributed by atoms with Crippen molar-refractivity contribution >= 4 is 23.2 Å². The third kappa shape index (κ3) is 3.43. The highest BCUT2D eigenvalue weighted by atomic mass is 35.5. The summed E-state index contributed by atoms with van der Waals surface area (Å²) in [5.41, 5.74) is 7.15. The van der Waals surface area contributed by atoms with Crippen molar-refractivity contribution in [1.29, 1.82) is 0 Å². The number of hydrogen-bond acceptors (Lipinski definition) is 2. The molecule has 1 saturated heterocycles. The maximum Gasteiger partial charge on any atom is 0.0595 e. The number of rotatable bonds is 3. The first-order valence-electron chi connectivity index (χ1n) is 6.92. The van der Waals surface area contributed by atoms with Crippen LogP contribution in [0.15, 0.2) is 18.2 Å². The molecule has 1 aliphatic rings. The van der Waals surface area contributed by atoms with E-state index < -0.39 is 0 Å². The minimum absolute atomic E-state index is 0.240. The molecule has 2 rings (SSSR count). The van der Waals surface area contributed by atoms with Gasteiger partial charge in [-0.1, -0.05) is 43.1 Å². The average molecular weight is 301 g/mol. The van der Waals surface area contributed by atoms with Gasteiger partial charge in [0.2, 0.25) is 0 Å². The zero-order valence-electron chi connectivity index (χ0n) is 11.6. The number of likely N-dealkylation sites (tertiary alicyclic amines) is 1. The van der Waals surface area contributed by atoms with Crippen molar-refractivity contribution in [2.75, 3.05) is 19.6 Å². The Balaban J connectivity index is 2.17. The maximum absolute atomic E-state index is 6.11. The molecule has 3 atom stereocenters. The number of nitrogens with zero attached hydrogens (tertiary/aromatic N) is 1. The molecule has 1 fully saturated rings. The van der Waals surface area contributed by atoms with E-state index in [0.717, 1.165) is 19.0 Å². The van der Waals surface area contributed by atoms with Crippen molar-refractivity contribution in [3.05, 3.63) is 33.8 Å². The normalized spacial score (nSPS) is 26.4. The molecule has 1 heterocycles. The molecule has 1 aromatic carbocycles. The molecule has 106 valence electrons. The molecule has 4 heteroatoms. The van der Waals surface area contributed by atoms with Crippen molar-refractivity contribution in [3.63, 3.8) is 0 Å². The maximum atomic E-state index is 6.11. The molecule has 0 bridgehead atoms. The lowest BCUT2D eigenvalue weighted by atomic mass is 9.87. The Hall–Kier alpha value is -0.280. The van der Waals surface area contributed by atoms with Crippen LogP contribution in [0, 0.1) is 11.8 Å². The zero-order valence-corrected chi connectivity index (χ0v) is 13.1. The van der Waals surface area contributed by atoms with Gasteiger partial charge in [0.25, 0.3) is 0 Å². The molecule has 0 radical (unpaired) electrons. The minimum atomic E-state index is 0.240. The van der Waals surface area contributed by atoms with Gasteiger partial charge in [-0.25, -0.2) is 0 Å². The predicted molar refractivity (Wildman–Crippen MR) is 82.8 cm³/mol. The number of hydrogen-bond donors (Lipinski definition) is 1. The van der Waals surface area contributed by atoms with Crippen LogP contribution in [-0.4, -0.2) is 24.5 Å². The topological polar surface area (TPSA) is 29.3 Å². The van der Waals surface area contributed by atoms with Gasteiger partial charge in [-0.15, -0.1) is 0 Å². The fourth-order valence-electron chi connectivity index (χ4n) is 2.79. The minimum Gasteiger partial charge on any atom is -0.329 e. The quantitative estimate of drug-likeness (QED) is 0.915. The van der Waals surface area contributed by atoms with Crippen LogP contribution in [0.5, 0.6) is 0 Å². The lowest BCUT2D eigenvalue weighted by molar-refractivity contribution is 0.0983. The van der Waals surface area contributed by atoms with Crippen LogP contribution in [0.1, 0.15) is 31.9 Å². The lowest BCUT2D eigenvalue weighted by Crippen LogP contribution is -2.43. The lowest BCUT2D eigenvalue weighted by Gasteiger charge is -2.40. The summed E-state index contributed by atoms with van der Waals surface area (Å²) in [6.07, 6.45) is 1.24. The van der Waals surface area contributed by atoms with E-state index in [1.165, 1.54) is 12.0 Å². The van der Waals surface area contributed by atoms with E-state index in [2.05, 4.69) is 18.7 Å². The number of piperidine rings is 1. The van der Waals surface area contributed by atoms with E-state index in [0.29, 0.717) is 22.5 Å². The molecule has 2 N–H and O–H groups in total. The summed E-state index contributed by atoms with van der Waals surface area (Å²) in [6, 6.07) is 6.08. The molecule has 0 saturated carbocycles. The molecule has 0 amide bonds. The standard InChI is InChI=1S/C15H22Cl2N2/c1-10-5-6-19(9-11(10)2)15(8-18)12-3-4-13(16)14(17)7-12/h3-4,7,10-11,15H,5-6,8-9,18H2,1-2H3. The Labute approximate surface area is 125 Å². The molecular formula is C15H22Cl2N2. The molecular weight excluding hydrogens is 279 g/mol. The second-order valence-corrected chi connectivity index (χ2v) is 6.48. The van der Waals surface area contributed by atoms with Crippen LogP contribution >= 0.6 is 23.2 Å². The van der Waals surface area contributed by atoms with E-state index >= 15 is 0 Å². The van der Waals surface area contributed by atoms with Crippen molar-refractivity contribution < 1.29 is 0 Å². The molecule has 0 aromatic heterocycles. The van der Waals surface area contributed by atoms with Crippen LogP contribution in [0.25, 0.3) is 0 Å². The smallest absolute Gasteiger partial charge is 0.0595 e. The van der Waals surface area contributed by atoms with Crippen LogP contribution in [0.3, 0.4) is 0 Å². The average Bonchev–Trinajstić information content (AvgIpc) is 2.39. The Bertz CT molecular complexity index is 436. The van der Waals surface area contributed by atoms with Crippen molar-refractivity contribution in [1.82, 2.24) is 4.90 Å². The first-order chi connectivity index (χ1) is 9.02. The van der Waals surface area contributed by atoms with Crippen LogP contribution in [0.2, 0.25) is 10.0 Å². The largest absolute Gasteiger partial charge is 0.329 e. The summed E-state index contributed by atoms with van der Waals surface area (Å²) in [4.78, 5) is 2.48. The number of halogens is 2. The molecule has 19 heavy (non-hydrogen) atoms. The monoisotopic (exact) mass is 300 g/mol. The van der Waals surface area contributed by atoms with E-state index in [-0.39, 0.29) is 6.04 Å². The van der Waals surface area contributed by atoms with Gasteiger partial charge in [0.15, 0.2) is 0 Å². The van der Waals surface area contributed by atoms with Gasteiger partial charge in [-0.2, -0.15) is 0 Å². The van der Waals surface area contributed by atoms with Crippen LogP contribution < -0.4 is 5.73 Å². The Kier molecular flexibility index (Phi) is 5.13. The Morgan fingerprint density at radius 1 is 1.26 bits per heavy atom. The molecule has 0 aliphatic carbocycles. The van der Waals surface area contributed by atoms with E-state index in [1.807, 2.05) is 18.2 Å². The van der Waals surface area contributed by atoms with Gasteiger partial charge in [-0.05, 0) is 42.5 Å². The highest BCUT2D eigenvalue weighted by Crippen LogP contribution is 2.32. The first-order valence-corrected chi connectivity index (χ1v) is 7.67. The molecule has 0 spiro atoms.